The molecular formula is C38H22N4O2. The summed E-state index contributed by atoms with van der Waals surface area (Å²) in [5, 5.41) is 3.29. The van der Waals surface area contributed by atoms with Gasteiger partial charge >= 0.3 is 0 Å². The molecule has 6 nitrogen and oxygen atoms in total. The highest BCUT2D eigenvalue weighted by molar-refractivity contribution is 6.27. The number of aromatic nitrogens is 4. The fourth-order valence-electron chi connectivity index (χ4n) is 5.65. The Morgan fingerprint density at radius 2 is 1.20 bits per heavy atom. The van der Waals surface area contributed by atoms with E-state index in [-0.39, 0.29) is 23.0 Å². The quantitative estimate of drug-likeness (QED) is 0.209. The van der Waals surface area contributed by atoms with E-state index in [0.717, 1.165) is 27.1 Å². The van der Waals surface area contributed by atoms with E-state index >= 15 is 0 Å². The lowest BCUT2D eigenvalue weighted by atomic mass is 9.99. The van der Waals surface area contributed by atoms with Crippen LogP contribution in [0.25, 0.3) is 89.4 Å². The molecule has 0 unspecified atom stereocenters. The molecular weight excluding hydrogens is 544 g/mol. The Morgan fingerprint density at radius 1 is 0.523 bits per heavy atom. The maximum atomic E-state index is 8.67. The van der Waals surface area contributed by atoms with Gasteiger partial charge in [0.2, 0.25) is 5.89 Å². The number of hydrogen-bond donors (Lipinski definition) is 0. The summed E-state index contributed by atoms with van der Waals surface area (Å²) in [6.07, 6.45) is 0. The lowest BCUT2D eigenvalue weighted by molar-refractivity contribution is 0.623. The van der Waals surface area contributed by atoms with E-state index < -0.39 is 30.2 Å². The molecule has 0 aliphatic rings. The van der Waals surface area contributed by atoms with Crippen molar-refractivity contribution in [2.75, 3.05) is 0 Å². The van der Waals surface area contributed by atoms with Crippen molar-refractivity contribution in [2.45, 2.75) is 0 Å². The molecule has 3 aromatic heterocycles. The highest BCUT2D eigenvalue weighted by atomic mass is 16.3. The summed E-state index contributed by atoms with van der Waals surface area (Å²) in [5.74, 6) is 0.934. The standard InChI is InChI=1S/C38H22N4O2/c1-4-12-23(13-5-1)35-40-36(24-14-6-2-7-15-24)42-37(41-35)28-22-26-20-21-29-34(44-38(39-29)25-16-8-3-9-17-25)31(26)32-27-18-10-11-19-30(27)43-33(28)32/h1-22H/i1D,4D,5D,12D,13D. The van der Waals surface area contributed by atoms with E-state index in [9.17, 15) is 0 Å². The van der Waals surface area contributed by atoms with Crippen LogP contribution in [0, 0.1) is 0 Å². The maximum Gasteiger partial charge on any atom is 0.227 e. The Morgan fingerprint density at radius 3 is 2.00 bits per heavy atom. The Balaban J connectivity index is 1.38. The average Bonchev–Trinajstić information content (AvgIpc) is 3.76. The van der Waals surface area contributed by atoms with E-state index in [1.165, 1.54) is 0 Å². The molecule has 0 saturated heterocycles. The Kier molecular flexibility index (Phi) is 4.39. The minimum absolute atomic E-state index is 0.0524. The third-order valence-electron chi connectivity index (χ3n) is 7.63. The van der Waals surface area contributed by atoms with E-state index in [0.29, 0.717) is 39.3 Å². The van der Waals surface area contributed by atoms with Crippen LogP contribution in [-0.2, 0) is 0 Å². The molecule has 6 aromatic carbocycles. The number of benzene rings is 6. The third-order valence-corrected chi connectivity index (χ3v) is 7.63. The monoisotopic (exact) mass is 571 g/mol. The summed E-state index contributed by atoms with van der Waals surface area (Å²) >= 11 is 0. The zero-order valence-corrected chi connectivity index (χ0v) is 22.9. The predicted molar refractivity (Wildman–Crippen MR) is 174 cm³/mol. The Bertz CT molecular complexity index is 2750. The summed E-state index contributed by atoms with van der Waals surface area (Å²) in [6.45, 7) is 0. The minimum atomic E-state index is -0.496. The van der Waals surface area contributed by atoms with Crippen molar-refractivity contribution in [3.63, 3.8) is 0 Å². The van der Waals surface area contributed by atoms with Crippen molar-refractivity contribution in [1.82, 2.24) is 19.9 Å². The van der Waals surface area contributed by atoms with Crippen LogP contribution < -0.4 is 0 Å². The summed E-state index contributed by atoms with van der Waals surface area (Å²) in [5.41, 5.74) is 4.39. The van der Waals surface area contributed by atoms with Gasteiger partial charge in [-0.1, -0.05) is 103 Å². The Hall–Kier alpha value is -6.14. The summed E-state index contributed by atoms with van der Waals surface area (Å²) in [6, 6.07) is 30.2. The van der Waals surface area contributed by atoms with Crippen LogP contribution in [0.5, 0.6) is 0 Å². The number of nitrogens with zero attached hydrogens (tertiary/aromatic N) is 4. The molecule has 0 aliphatic carbocycles. The largest absolute Gasteiger partial charge is 0.455 e. The van der Waals surface area contributed by atoms with Crippen LogP contribution >= 0.6 is 0 Å². The molecule has 3 heterocycles. The number of fused-ring (bicyclic) bond motifs is 7. The second-order valence-electron chi connectivity index (χ2n) is 10.3. The first-order chi connectivity index (χ1) is 23.9. The molecule has 0 bridgehead atoms. The van der Waals surface area contributed by atoms with E-state index in [4.69, 9.17) is 30.6 Å². The summed E-state index contributed by atoms with van der Waals surface area (Å²) < 4.78 is 55.1. The van der Waals surface area contributed by atoms with Gasteiger partial charge in [-0.15, -0.1) is 0 Å². The molecule has 206 valence electrons. The van der Waals surface area contributed by atoms with Crippen LogP contribution in [0.3, 0.4) is 0 Å². The van der Waals surface area contributed by atoms with Crippen molar-refractivity contribution in [3.05, 3.63) is 133 Å². The number of para-hydroxylation sites is 1. The van der Waals surface area contributed by atoms with Gasteiger partial charge in [0.05, 0.1) is 12.4 Å². The fraction of sp³-hybridized carbons (Fsp3) is 0. The highest BCUT2D eigenvalue weighted by Crippen LogP contribution is 2.43. The molecule has 0 N–H and O–H groups in total. The molecule has 0 radical (unpaired) electrons. The van der Waals surface area contributed by atoms with Gasteiger partial charge in [0.25, 0.3) is 0 Å². The first-order valence-corrected chi connectivity index (χ1v) is 14.0. The molecule has 9 aromatic rings. The lowest BCUT2D eigenvalue weighted by Gasteiger charge is -2.10. The minimum Gasteiger partial charge on any atom is -0.455 e. The van der Waals surface area contributed by atoms with Gasteiger partial charge in [0, 0.05) is 32.8 Å². The molecule has 6 heteroatoms. The van der Waals surface area contributed by atoms with Crippen molar-refractivity contribution in [3.8, 4) is 45.6 Å². The topological polar surface area (TPSA) is 77.8 Å². The van der Waals surface area contributed by atoms with Crippen LogP contribution in [0.4, 0.5) is 0 Å². The van der Waals surface area contributed by atoms with Crippen LogP contribution in [0.2, 0.25) is 0 Å². The second kappa shape index (κ2) is 9.71. The summed E-state index contributed by atoms with van der Waals surface area (Å²) in [7, 11) is 0. The Labute approximate surface area is 258 Å². The highest BCUT2D eigenvalue weighted by Gasteiger charge is 2.23. The molecule has 0 atom stereocenters. The zero-order chi connectivity index (χ0) is 33.4. The molecule has 44 heavy (non-hydrogen) atoms. The lowest BCUT2D eigenvalue weighted by Crippen LogP contribution is -2.00. The normalized spacial score (nSPS) is 13.2. The number of furan rings is 1. The zero-order valence-electron chi connectivity index (χ0n) is 27.9. The molecule has 0 fully saturated rings. The van der Waals surface area contributed by atoms with Gasteiger partial charge in [-0.05, 0) is 35.7 Å². The second-order valence-corrected chi connectivity index (χ2v) is 10.3. The predicted octanol–water partition coefficient (Wildman–Crippen LogP) is 9.73. The van der Waals surface area contributed by atoms with Gasteiger partial charge in [0.15, 0.2) is 23.1 Å². The molecule has 9 rings (SSSR count). The first-order valence-electron chi connectivity index (χ1n) is 16.5. The van der Waals surface area contributed by atoms with Crippen LogP contribution in [-0.4, -0.2) is 19.9 Å². The SMILES string of the molecule is [2H]c1c([2H])c([2H])c(-c2nc(-c3ccccc3)nc(-c3cc4ccc5nc(-c6ccccc6)oc5c4c4c3oc3ccccc34)n2)c([2H])c1[2H]. The van der Waals surface area contributed by atoms with Crippen molar-refractivity contribution in [1.29, 1.82) is 0 Å². The van der Waals surface area contributed by atoms with Crippen LogP contribution in [0.1, 0.15) is 6.85 Å². The summed E-state index contributed by atoms with van der Waals surface area (Å²) in [4.78, 5) is 19.1. The van der Waals surface area contributed by atoms with Gasteiger partial charge in [-0.25, -0.2) is 19.9 Å². The smallest absolute Gasteiger partial charge is 0.227 e. The van der Waals surface area contributed by atoms with E-state index in [2.05, 4.69) is 4.98 Å². The number of rotatable bonds is 4. The molecule has 0 amide bonds. The first kappa shape index (κ1) is 19.9. The van der Waals surface area contributed by atoms with Crippen LogP contribution in [0.15, 0.2) is 142 Å². The molecule has 0 aliphatic heterocycles. The molecule has 0 spiro atoms. The molecule has 0 saturated carbocycles. The van der Waals surface area contributed by atoms with Gasteiger partial charge in [-0.2, -0.15) is 0 Å². The number of hydrogen-bond acceptors (Lipinski definition) is 6. The maximum absolute atomic E-state index is 8.67. The third kappa shape index (κ3) is 3.89. The van der Waals surface area contributed by atoms with E-state index in [1.807, 2.05) is 103 Å². The van der Waals surface area contributed by atoms with Gasteiger partial charge in [0.1, 0.15) is 16.7 Å². The van der Waals surface area contributed by atoms with Crippen molar-refractivity contribution in [2.24, 2.45) is 0 Å². The van der Waals surface area contributed by atoms with Gasteiger partial charge < -0.3 is 8.83 Å². The average molecular weight is 572 g/mol. The van der Waals surface area contributed by atoms with Crippen molar-refractivity contribution >= 4 is 43.8 Å². The van der Waals surface area contributed by atoms with Gasteiger partial charge in [-0.3, -0.25) is 0 Å². The fourth-order valence-corrected chi connectivity index (χ4v) is 5.65. The number of oxazole rings is 1. The van der Waals surface area contributed by atoms with Crippen molar-refractivity contribution < 1.29 is 15.7 Å². The van der Waals surface area contributed by atoms with E-state index in [1.54, 1.807) is 0 Å².